The molecular weight excluding hydrogens is 164 g/mol. The van der Waals surface area contributed by atoms with E-state index in [1.165, 1.54) is 6.33 Å². The average Bonchev–Trinajstić information content (AvgIpc) is 2.04. The van der Waals surface area contributed by atoms with E-state index >= 15 is 0 Å². The predicted molar refractivity (Wildman–Crippen MR) is 53.4 cm³/mol. The van der Waals surface area contributed by atoms with E-state index in [0.29, 0.717) is 0 Å². The third kappa shape index (κ3) is 4.42. The average molecular weight is 180 g/mol. The SMILES string of the molecule is CC(C)(N)CCNc1ccncn1. The Morgan fingerprint density at radius 2 is 2.31 bits per heavy atom. The second kappa shape index (κ2) is 4.18. The molecule has 0 bridgehead atoms. The van der Waals surface area contributed by atoms with Crippen molar-refractivity contribution in [3.8, 4) is 0 Å². The lowest BCUT2D eigenvalue weighted by Crippen LogP contribution is -2.34. The Balaban J connectivity index is 2.29. The fourth-order valence-electron chi connectivity index (χ4n) is 0.908. The number of nitrogens with zero attached hydrogens (tertiary/aromatic N) is 2. The fraction of sp³-hybridized carbons (Fsp3) is 0.556. The number of anilines is 1. The summed E-state index contributed by atoms with van der Waals surface area (Å²) in [5, 5.41) is 3.17. The van der Waals surface area contributed by atoms with Crippen LogP contribution in [0.5, 0.6) is 0 Å². The molecule has 0 saturated heterocycles. The van der Waals surface area contributed by atoms with Crippen molar-refractivity contribution in [1.82, 2.24) is 9.97 Å². The second-order valence-corrected chi connectivity index (χ2v) is 3.76. The molecule has 1 heterocycles. The monoisotopic (exact) mass is 180 g/mol. The van der Waals surface area contributed by atoms with Crippen LogP contribution in [0.2, 0.25) is 0 Å². The third-order valence-corrected chi connectivity index (χ3v) is 1.66. The molecule has 0 unspecified atom stereocenters. The lowest BCUT2D eigenvalue weighted by molar-refractivity contribution is 0.490. The van der Waals surface area contributed by atoms with Gasteiger partial charge in [0.15, 0.2) is 0 Å². The van der Waals surface area contributed by atoms with Gasteiger partial charge in [0.25, 0.3) is 0 Å². The lowest BCUT2D eigenvalue weighted by atomic mass is 10.0. The molecule has 1 aromatic rings. The Morgan fingerprint density at radius 1 is 1.54 bits per heavy atom. The van der Waals surface area contributed by atoms with Crippen LogP contribution in [0.3, 0.4) is 0 Å². The highest BCUT2D eigenvalue weighted by Crippen LogP contribution is 2.04. The minimum absolute atomic E-state index is 0.125. The van der Waals surface area contributed by atoms with E-state index in [1.807, 2.05) is 19.9 Å². The summed E-state index contributed by atoms with van der Waals surface area (Å²) in [6, 6.07) is 1.84. The van der Waals surface area contributed by atoms with E-state index in [2.05, 4.69) is 15.3 Å². The zero-order chi connectivity index (χ0) is 9.73. The van der Waals surface area contributed by atoms with Gasteiger partial charge in [-0.15, -0.1) is 0 Å². The van der Waals surface area contributed by atoms with Crippen LogP contribution < -0.4 is 11.1 Å². The fourth-order valence-corrected chi connectivity index (χ4v) is 0.908. The van der Waals surface area contributed by atoms with E-state index in [1.54, 1.807) is 6.20 Å². The minimum atomic E-state index is -0.125. The van der Waals surface area contributed by atoms with Gasteiger partial charge in [-0.3, -0.25) is 0 Å². The third-order valence-electron chi connectivity index (χ3n) is 1.66. The normalized spacial score (nSPS) is 11.3. The summed E-state index contributed by atoms with van der Waals surface area (Å²) in [6.07, 6.45) is 4.15. The largest absolute Gasteiger partial charge is 0.370 e. The second-order valence-electron chi connectivity index (χ2n) is 3.76. The number of aromatic nitrogens is 2. The summed E-state index contributed by atoms with van der Waals surface area (Å²) in [4.78, 5) is 7.86. The molecule has 0 aliphatic carbocycles. The number of hydrogen-bond acceptors (Lipinski definition) is 4. The van der Waals surface area contributed by atoms with Crippen LogP contribution in [0.15, 0.2) is 18.6 Å². The van der Waals surface area contributed by atoms with Crippen molar-refractivity contribution < 1.29 is 0 Å². The Labute approximate surface area is 78.6 Å². The summed E-state index contributed by atoms with van der Waals surface area (Å²) in [5.74, 6) is 0.847. The van der Waals surface area contributed by atoms with Crippen LogP contribution in [0.25, 0.3) is 0 Å². The van der Waals surface area contributed by atoms with Crippen molar-refractivity contribution in [3.05, 3.63) is 18.6 Å². The van der Waals surface area contributed by atoms with E-state index in [-0.39, 0.29) is 5.54 Å². The summed E-state index contributed by atoms with van der Waals surface area (Å²) >= 11 is 0. The molecule has 0 atom stereocenters. The molecule has 13 heavy (non-hydrogen) atoms. The molecule has 1 aromatic heterocycles. The van der Waals surface area contributed by atoms with Crippen LogP contribution in [-0.4, -0.2) is 22.1 Å². The van der Waals surface area contributed by atoms with Crippen LogP contribution >= 0.6 is 0 Å². The van der Waals surface area contributed by atoms with Crippen LogP contribution in [-0.2, 0) is 0 Å². The molecule has 0 aliphatic rings. The van der Waals surface area contributed by atoms with Crippen molar-refractivity contribution in [2.45, 2.75) is 25.8 Å². The molecular formula is C9H16N4. The maximum atomic E-state index is 5.83. The zero-order valence-electron chi connectivity index (χ0n) is 8.12. The number of rotatable bonds is 4. The molecule has 4 nitrogen and oxygen atoms in total. The van der Waals surface area contributed by atoms with E-state index in [9.17, 15) is 0 Å². The Bertz CT molecular complexity index is 240. The van der Waals surface area contributed by atoms with E-state index < -0.39 is 0 Å². The van der Waals surface area contributed by atoms with Gasteiger partial charge < -0.3 is 11.1 Å². The number of hydrogen-bond donors (Lipinski definition) is 2. The summed E-state index contributed by atoms with van der Waals surface area (Å²) in [5.41, 5.74) is 5.70. The van der Waals surface area contributed by atoms with Crippen LogP contribution in [0, 0.1) is 0 Å². The maximum Gasteiger partial charge on any atom is 0.129 e. The van der Waals surface area contributed by atoms with Crippen molar-refractivity contribution in [3.63, 3.8) is 0 Å². The molecule has 1 rings (SSSR count). The minimum Gasteiger partial charge on any atom is -0.370 e. The van der Waals surface area contributed by atoms with Crippen molar-refractivity contribution in [2.75, 3.05) is 11.9 Å². The van der Waals surface area contributed by atoms with E-state index in [0.717, 1.165) is 18.8 Å². The van der Waals surface area contributed by atoms with Gasteiger partial charge in [-0.1, -0.05) is 0 Å². The zero-order valence-corrected chi connectivity index (χ0v) is 8.12. The van der Waals surface area contributed by atoms with Crippen LogP contribution in [0.1, 0.15) is 20.3 Å². The first kappa shape index (κ1) is 9.92. The van der Waals surface area contributed by atoms with Gasteiger partial charge in [0, 0.05) is 18.3 Å². The highest BCUT2D eigenvalue weighted by Gasteiger charge is 2.09. The lowest BCUT2D eigenvalue weighted by Gasteiger charge is -2.18. The summed E-state index contributed by atoms with van der Waals surface area (Å²) in [7, 11) is 0. The molecule has 0 radical (unpaired) electrons. The number of nitrogens with two attached hydrogens (primary N) is 1. The molecule has 72 valence electrons. The Morgan fingerprint density at radius 3 is 2.85 bits per heavy atom. The van der Waals surface area contributed by atoms with Gasteiger partial charge >= 0.3 is 0 Å². The molecule has 4 heteroatoms. The van der Waals surface area contributed by atoms with Gasteiger partial charge in [-0.05, 0) is 26.3 Å². The first-order valence-electron chi connectivity index (χ1n) is 4.37. The topological polar surface area (TPSA) is 63.8 Å². The smallest absolute Gasteiger partial charge is 0.129 e. The van der Waals surface area contributed by atoms with Gasteiger partial charge in [0.2, 0.25) is 0 Å². The maximum absolute atomic E-state index is 5.83. The first-order valence-corrected chi connectivity index (χ1v) is 4.37. The number of nitrogens with one attached hydrogen (secondary N) is 1. The summed E-state index contributed by atoms with van der Waals surface area (Å²) in [6.45, 7) is 4.85. The standard InChI is InChI=1S/C9H16N4/c1-9(2,10)4-6-12-8-3-5-11-7-13-8/h3,5,7H,4,6,10H2,1-2H3,(H,11,12,13). The predicted octanol–water partition coefficient (Wildman–Crippen LogP) is 1.02. The quantitative estimate of drug-likeness (QED) is 0.726. The van der Waals surface area contributed by atoms with Gasteiger partial charge in [-0.25, -0.2) is 9.97 Å². The van der Waals surface area contributed by atoms with Gasteiger partial charge in [0.05, 0.1) is 0 Å². The van der Waals surface area contributed by atoms with Gasteiger partial charge in [-0.2, -0.15) is 0 Å². The molecule has 0 saturated carbocycles. The van der Waals surface area contributed by atoms with E-state index in [4.69, 9.17) is 5.73 Å². The van der Waals surface area contributed by atoms with Crippen molar-refractivity contribution in [1.29, 1.82) is 0 Å². The first-order chi connectivity index (χ1) is 6.08. The molecule has 3 N–H and O–H groups in total. The molecule has 0 spiro atoms. The van der Waals surface area contributed by atoms with Gasteiger partial charge in [0.1, 0.15) is 12.1 Å². The summed E-state index contributed by atoms with van der Waals surface area (Å²) < 4.78 is 0. The Kier molecular flexibility index (Phi) is 3.19. The molecule has 0 amide bonds. The molecule has 0 fully saturated rings. The highest BCUT2D eigenvalue weighted by atomic mass is 15.0. The Hall–Kier alpha value is -1.16. The van der Waals surface area contributed by atoms with Crippen LogP contribution in [0.4, 0.5) is 5.82 Å². The van der Waals surface area contributed by atoms with Crippen molar-refractivity contribution >= 4 is 5.82 Å². The molecule has 0 aliphatic heterocycles. The van der Waals surface area contributed by atoms with Crippen molar-refractivity contribution in [2.24, 2.45) is 5.73 Å². The molecule has 0 aromatic carbocycles. The highest BCUT2D eigenvalue weighted by molar-refractivity contribution is 5.31.